The normalized spacial score (nSPS) is 10.6. The van der Waals surface area contributed by atoms with E-state index in [4.69, 9.17) is 9.47 Å². The number of nitrogens with zero attached hydrogens (tertiary/aromatic N) is 3. The molecule has 0 saturated carbocycles. The smallest absolute Gasteiger partial charge is 0.358 e. The van der Waals surface area contributed by atoms with Gasteiger partial charge in [-0.15, -0.1) is 0 Å². The van der Waals surface area contributed by atoms with Gasteiger partial charge in [-0.2, -0.15) is 5.10 Å². The van der Waals surface area contributed by atoms with Crippen LogP contribution in [-0.4, -0.2) is 27.3 Å². The van der Waals surface area contributed by atoms with Gasteiger partial charge in [-0.3, -0.25) is 4.98 Å². The maximum atomic E-state index is 12.2. The van der Waals surface area contributed by atoms with E-state index in [1.54, 1.807) is 23.9 Å². The van der Waals surface area contributed by atoms with Gasteiger partial charge in [0.2, 0.25) is 0 Å². The number of aromatic nitrogens is 3. The van der Waals surface area contributed by atoms with Gasteiger partial charge < -0.3 is 9.47 Å². The summed E-state index contributed by atoms with van der Waals surface area (Å²) in [5.74, 6) is 0.204. The molecule has 0 bridgehead atoms. The van der Waals surface area contributed by atoms with E-state index in [9.17, 15) is 4.79 Å². The van der Waals surface area contributed by atoms with Crippen LogP contribution in [0.3, 0.4) is 0 Å². The summed E-state index contributed by atoms with van der Waals surface area (Å²) < 4.78 is 12.6. The number of hydrogen-bond acceptors (Lipinski definition) is 5. The maximum Gasteiger partial charge on any atom is 0.358 e. The molecule has 4 rings (SSSR count). The summed E-state index contributed by atoms with van der Waals surface area (Å²) in [6.45, 7) is 2.53. The van der Waals surface area contributed by atoms with Gasteiger partial charge in [-0.05, 0) is 36.8 Å². The van der Waals surface area contributed by atoms with Crippen LogP contribution in [-0.2, 0) is 11.3 Å². The second kappa shape index (κ2) is 9.05. The number of ether oxygens (including phenoxy) is 2. The third-order valence-corrected chi connectivity index (χ3v) is 4.44. The van der Waals surface area contributed by atoms with Crippen molar-refractivity contribution < 1.29 is 14.3 Å². The third-order valence-electron chi connectivity index (χ3n) is 4.44. The Morgan fingerprint density at radius 2 is 1.70 bits per heavy atom. The monoisotopic (exact) mass is 399 g/mol. The summed E-state index contributed by atoms with van der Waals surface area (Å²) in [7, 11) is 0. The second-order valence-corrected chi connectivity index (χ2v) is 6.54. The van der Waals surface area contributed by atoms with Crippen molar-refractivity contribution in [2.75, 3.05) is 6.61 Å². The Hall–Kier alpha value is -3.93. The summed E-state index contributed by atoms with van der Waals surface area (Å²) in [4.78, 5) is 16.7. The molecule has 0 aliphatic rings. The van der Waals surface area contributed by atoms with Crippen LogP contribution in [0.4, 0.5) is 0 Å². The van der Waals surface area contributed by atoms with E-state index in [1.165, 1.54) is 0 Å². The highest BCUT2D eigenvalue weighted by Gasteiger charge is 2.18. The third kappa shape index (κ3) is 4.38. The van der Waals surface area contributed by atoms with Crippen LogP contribution < -0.4 is 4.74 Å². The first-order valence-electron chi connectivity index (χ1n) is 9.70. The molecule has 2 heterocycles. The molecule has 0 atom stereocenters. The first-order chi connectivity index (χ1) is 14.7. The van der Waals surface area contributed by atoms with E-state index in [1.807, 2.05) is 72.8 Å². The lowest BCUT2D eigenvalue weighted by Crippen LogP contribution is -2.06. The van der Waals surface area contributed by atoms with E-state index in [0.717, 1.165) is 11.3 Å². The summed E-state index contributed by atoms with van der Waals surface area (Å²) in [5.41, 5.74) is 3.52. The lowest BCUT2D eigenvalue weighted by atomic mass is 10.2. The minimum absolute atomic E-state index is 0.238. The molecule has 0 N–H and O–H groups in total. The topological polar surface area (TPSA) is 66.2 Å². The molecule has 150 valence electrons. The minimum atomic E-state index is -0.462. The average Bonchev–Trinajstić information content (AvgIpc) is 3.25. The Morgan fingerprint density at radius 3 is 2.37 bits per heavy atom. The molecule has 2 aromatic heterocycles. The van der Waals surface area contributed by atoms with Crippen molar-refractivity contribution in [3.63, 3.8) is 0 Å². The molecule has 0 radical (unpaired) electrons. The van der Waals surface area contributed by atoms with Crippen molar-refractivity contribution in [2.24, 2.45) is 0 Å². The molecule has 6 nitrogen and oxygen atoms in total. The van der Waals surface area contributed by atoms with Gasteiger partial charge in [-0.1, -0.05) is 48.5 Å². The molecule has 30 heavy (non-hydrogen) atoms. The predicted molar refractivity (Wildman–Crippen MR) is 114 cm³/mol. The molecule has 0 spiro atoms. The zero-order chi connectivity index (χ0) is 20.8. The second-order valence-electron chi connectivity index (χ2n) is 6.54. The lowest BCUT2D eigenvalue weighted by molar-refractivity contribution is 0.0519. The SMILES string of the molecule is CCOC(=O)c1cc(-c2ccc(OCc3ccccc3)cn2)n(-c2ccccc2)n1. The molecule has 6 heteroatoms. The van der Waals surface area contributed by atoms with Crippen LogP contribution in [0.2, 0.25) is 0 Å². The molecule has 0 fully saturated rings. The largest absolute Gasteiger partial charge is 0.487 e. The summed E-state index contributed by atoms with van der Waals surface area (Å²) in [6.07, 6.45) is 1.67. The Bertz CT molecular complexity index is 1110. The van der Waals surface area contributed by atoms with Gasteiger partial charge in [0, 0.05) is 6.07 Å². The highest BCUT2D eigenvalue weighted by Crippen LogP contribution is 2.24. The first-order valence-corrected chi connectivity index (χ1v) is 9.70. The van der Waals surface area contributed by atoms with Gasteiger partial charge in [0.05, 0.1) is 29.9 Å². The fourth-order valence-electron chi connectivity index (χ4n) is 2.99. The summed E-state index contributed by atoms with van der Waals surface area (Å²) in [5, 5.41) is 4.44. The molecular formula is C24H21N3O3. The van der Waals surface area contributed by atoms with Crippen LogP contribution in [0.25, 0.3) is 17.1 Å². The van der Waals surface area contributed by atoms with E-state index in [0.29, 0.717) is 23.7 Å². The van der Waals surface area contributed by atoms with Gasteiger partial charge in [-0.25, -0.2) is 9.48 Å². The number of rotatable bonds is 7. The molecule has 0 saturated heterocycles. The Labute approximate surface area is 174 Å². The number of para-hydroxylation sites is 1. The van der Waals surface area contributed by atoms with Crippen LogP contribution in [0.15, 0.2) is 85.1 Å². The zero-order valence-electron chi connectivity index (χ0n) is 16.6. The standard InChI is InChI=1S/C24H21N3O3/c1-2-29-24(28)22-15-23(27(26-22)19-11-7-4-8-12-19)21-14-13-20(16-25-21)30-17-18-9-5-3-6-10-18/h3-16H,2,17H2,1H3. The van der Waals surface area contributed by atoms with Crippen LogP contribution in [0.5, 0.6) is 5.75 Å². The van der Waals surface area contributed by atoms with Crippen molar-refractivity contribution in [2.45, 2.75) is 13.5 Å². The Balaban J connectivity index is 1.61. The fourth-order valence-corrected chi connectivity index (χ4v) is 2.99. The van der Waals surface area contributed by atoms with Gasteiger partial charge in [0.1, 0.15) is 12.4 Å². The van der Waals surface area contributed by atoms with E-state index < -0.39 is 5.97 Å². The Morgan fingerprint density at radius 1 is 0.967 bits per heavy atom. The summed E-state index contributed by atoms with van der Waals surface area (Å²) >= 11 is 0. The van der Waals surface area contributed by atoms with E-state index in [2.05, 4.69) is 10.1 Å². The summed E-state index contributed by atoms with van der Waals surface area (Å²) in [6, 6.07) is 25.0. The van der Waals surface area contributed by atoms with Gasteiger partial charge in [0.15, 0.2) is 5.69 Å². The predicted octanol–water partition coefficient (Wildman–Crippen LogP) is 4.69. The maximum absolute atomic E-state index is 12.2. The average molecular weight is 399 g/mol. The fraction of sp³-hybridized carbons (Fsp3) is 0.125. The van der Waals surface area contributed by atoms with Crippen molar-refractivity contribution in [1.29, 1.82) is 0 Å². The molecule has 0 aliphatic heterocycles. The number of hydrogen-bond donors (Lipinski definition) is 0. The van der Waals surface area contributed by atoms with Crippen molar-refractivity contribution in [3.8, 4) is 22.8 Å². The molecule has 0 aliphatic carbocycles. The minimum Gasteiger partial charge on any atom is -0.487 e. The van der Waals surface area contributed by atoms with E-state index >= 15 is 0 Å². The molecule has 0 amide bonds. The van der Waals surface area contributed by atoms with Crippen molar-refractivity contribution in [1.82, 2.24) is 14.8 Å². The first kappa shape index (κ1) is 19.4. The number of carbonyl (C=O) groups excluding carboxylic acids is 1. The van der Waals surface area contributed by atoms with Crippen LogP contribution in [0.1, 0.15) is 23.0 Å². The number of carbonyl (C=O) groups is 1. The lowest BCUT2D eigenvalue weighted by Gasteiger charge is -2.09. The van der Waals surface area contributed by atoms with E-state index in [-0.39, 0.29) is 12.3 Å². The Kier molecular flexibility index (Phi) is 5.85. The number of esters is 1. The van der Waals surface area contributed by atoms with Crippen LogP contribution in [0, 0.1) is 0 Å². The molecule has 0 unspecified atom stereocenters. The molecular weight excluding hydrogens is 378 g/mol. The van der Waals surface area contributed by atoms with Gasteiger partial charge >= 0.3 is 5.97 Å². The van der Waals surface area contributed by atoms with Crippen molar-refractivity contribution in [3.05, 3.63) is 96.3 Å². The van der Waals surface area contributed by atoms with Gasteiger partial charge in [0.25, 0.3) is 0 Å². The highest BCUT2D eigenvalue weighted by atomic mass is 16.5. The van der Waals surface area contributed by atoms with Crippen LogP contribution >= 0.6 is 0 Å². The quantitative estimate of drug-likeness (QED) is 0.422. The molecule has 4 aromatic rings. The molecule has 2 aromatic carbocycles. The number of pyridine rings is 1. The highest BCUT2D eigenvalue weighted by molar-refractivity contribution is 5.88. The zero-order valence-corrected chi connectivity index (χ0v) is 16.6. The number of benzene rings is 2. The van der Waals surface area contributed by atoms with Crippen molar-refractivity contribution >= 4 is 5.97 Å².